The summed E-state index contributed by atoms with van der Waals surface area (Å²) in [5, 5.41) is 8.02. The van der Waals surface area contributed by atoms with Crippen LogP contribution in [0.5, 0.6) is 0 Å². The molecule has 0 aliphatic carbocycles. The molecule has 0 saturated carbocycles. The van der Waals surface area contributed by atoms with Crippen molar-refractivity contribution in [3.05, 3.63) is 23.0 Å². The molecule has 0 saturated heterocycles. The predicted octanol–water partition coefficient (Wildman–Crippen LogP) is 1.10. The number of thiocarbonyl (C=S) groups is 1. The maximum Gasteiger partial charge on any atom is 0.256 e. The minimum atomic E-state index is -0.0971. The van der Waals surface area contributed by atoms with Gasteiger partial charge in [-0.1, -0.05) is 19.1 Å². The zero-order valence-corrected chi connectivity index (χ0v) is 11.8. The fourth-order valence-electron chi connectivity index (χ4n) is 1.65. The highest BCUT2D eigenvalue weighted by atomic mass is 32.1. The average Bonchev–Trinajstić information content (AvgIpc) is 2.34. The third-order valence-electron chi connectivity index (χ3n) is 2.57. The second-order valence-corrected chi connectivity index (χ2v) is 4.51. The number of aryl methyl sites for hydroxylation is 2. The van der Waals surface area contributed by atoms with Crippen LogP contribution in [0.25, 0.3) is 0 Å². The Morgan fingerprint density at radius 1 is 1.44 bits per heavy atom. The van der Waals surface area contributed by atoms with Gasteiger partial charge in [0.1, 0.15) is 0 Å². The van der Waals surface area contributed by atoms with Crippen LogP contribution < -0.4 is 5.73 Å². The summed E-state index contributed by atoms with van der Waals surface area (Å²) >= 11 is 4.85. The van der Waals surface area contributed by atoms with E-state index in [1.807, 2.05) is 20.8 Å². The van der Waals surface area contributed by atoms with Crippen LogP contribution >= 0.6 is 12.2 Å². The number of rotatable bonds is 5. The topological polar surface area (TPSA) is 72.1 Å². The summed E-state index contributed by atoms with van der Waals surface area (Å²) in [4.78, 5) is 14.3. The Hall–Kier alpha value is -1.56. The molecule has 0 bridgehead atoms. The molecular formula is C12H18N4OS. The molecule has 5 nitrogen and oxygen atoms in total. The number of amides is 1. The van der Waals surface area contributed by atoms with Gasteiger partial charge in [-0.2, -0.15) is 10.2 Å². The number of nitrogens with zero attached hydrogens (tertiary/aromatic N) is 3. The quantitative estimate of drug-likeness (QED) is 0.808. The molecule has 1 aromatic rings. The Labute approximate surface area is 112 Å². The van der Waals surface area contributed by atoms with Crippen LogP contribution in [0.2, 0.25) is 0 Å². The van der Waals surface area contributed by atoms with Crippen LogP contribution in [0, 0.1) is 6.92 Å². The first-order valence-electron chi connectivity index (χ1n) is 5.90. The van der Waals surface area contributed by atoms with Gasteiger partial charge in [-0.15, -0.1) is 0 Å². The molecule has 0 spiro atoms. The van der Waals surface area contributed by atoms with Crippen LogP contribution in [0.15, 0.2) is 6.07 Å². The standard InChI is InChI=1S/C12H18N4OS/c1-4-10-9(6-8(3)14-15-10)12(17)16(5-2)7-11(13)18/h6H,4-5,7H2,1-3H3,(H2,13,18). The van der Waals surface area contributed by atoms with Crippen molar-refractivity contribution in [3.63, 3.8) is 0 Å². The van der Waals surface area contributed by atoms with Crippen LogP contribution in [0.4, 0.5) is 0 Å². The van der Waals surface area contributed by atoms with Gasteiger partial charge in [-0.25, -0.2) is 0 Å². The molecule has 1 aromatic heterocycles. The lowest BCUT2D eigenvalue weighted by Crippen LogP contribution is -2.38. The van der Waals surface area contributed by atoms with E-state index in [0.717, 1.165) is 5.69 Å². The van der Waals surface area contributed by atoms with Crippen molar-refractivity contribution < 1.29 is 4.79 Å². The largest absolute Gasteiger partial charge is 0.392 e. The lowest BCUT2D eigenvalue weighted by molar-refractivity contribution is 0.0786. The zero-order chi connectivity index (χ0) is 13.7. The normalized spacial score (nSPS) is 10.2. The molecular weight excluding hydrogens is 248 g/mol. The second-order valence-electron chi connectivity index (χ2n) is 3.99. The Balaban J connectivity index is 3.07. The van der Waals surface area contributed by atoms with E-state index in [-0.39, 0.29) is 12.5 Å². The Kier molecular flexibility index (Phi) is 5.15. The Morgan fingerprint density at radius 3 is 2.61 bits per heavy atom. The van der Waals surface area contributed by atoms with E-state index in [0.29, 0.717) is 29.2 Å². The zero-order valence-electron chi connectivity index (χ0n) is 10.9. The van der Waals surface area contributed by atoms with Gasteiger partial charge in [-0.05, 0) is 26.3 Å². The summed E-state index contributed by atoms with van der Waals surface area (Å²) in [6.07, 6.45) is 0.666. The minimum Gasteiger partial charge on any atom is -0.392 e. The van der Waals surface area contributed by atoms with Crippen molar-refractivity contribution >= 4 is 23.1 Å². The van der Waals surface area contributed by atoms with Gasteiger partial charge >= 0.3 is 0 Å². The van der Waals surface area contributed by atoms with E-state index in [2.05, 4.69) is 10.2 Å². The minimum absolute atomic E-state index is 0.0971. The SMILES string of the molecule is CCc1nnc(C)cc1C(=O)N(CC)CC(N)=S. The number of likely N-dealkylation sites (N-methyl/N-ethyl adjacent to an activating group) is 1. The first kappa shape index (κ1) is 14.5. The number of nitrogens with two attached hydrogens (primary N) is 1. The summed E-state index contributed by atoms with van der Waals surface area (Å²) in [5.41, 5.74) is 7.51. The Morgan fingerprint density at radius 2 is 2.11 bits per heavy atom. The van der Waals surface area contributed by atoms with Crippen LogP contribution in [0.1, 0.15) is 35.6 Å². The number of carbonyl (C=O) groups is 1. The molecule has 2 N–H and O–H groups in total. The van der Waals surface area contributed by atoms with Gasteiger partial charge in [0.05, 0.1) is 28.5 Å². The molecule has 6 heteroatoms. The fraction of sp³-hybridized carbons (Fsp3) is 0.500. The number of aromatic nitrogens is 2. The van der Waals surface area contributed by atoms with E-state index in [1.54, 1.807) is 11.0 Å². The molecule has 0 aliphatic heterocycles. The van der Waals surface area contributed by atoms with Crippen molar-refractivity contribution in [2.45, 2.75) is 27.2 Å². The summed E-state index contributed by atoms with van der Waals surface area (Å²) in [6, 6.07) is 1.76. The van der Waals surface area contributed by atoms with Crippen LogP contribution in [-0.2, 0) is 6.42 Å². The van der Waals surface area contributed by atoms with E-state index >= 15 is 0 Å². The maximum atomic E-state index is 12.4. The van der Waals surface area contributed by atoms with Gasteiger partial charge in [0.2, 0.25) is 0 Å². The maximum absolute atomic E-state index is 12.4. The first-order chi connectivity index (χ1) is 8.49. The van der Waals surface area contributed by atoms with E-state index in [4.69, 9.17) is 18.0 Å². The van der Waals surface area contributed by atoms with Gasteiger partial charge in [0, 0.05) is 6.54 Å². The summed E-state index contributed by atoms with van der Waals surface area (Å²) in [5.74, 6) is -0.0971. The lowest BCUT2D eigenvalue weighted by Gasteiger charge is -2.21. The van der Waals surface area contributed by atoms with Crippen LogP contribution in [0.3, 0.4) is 0 Å². The second kappa shape index (κ2) is 6.39. The predicted molar refractivity (Wildman–Crippen MR) is 74.5 cm³/mol. The third kappa shape index (κ3) is 3.46. The van der Waals surface area contributed by atoms with Gasteiger partial charge in [-0.3, -0.25) is 4.79 Å². The smallest absolute Gasteiger partial charge is 0.256 e. The van der Waals surface area contributed by atoms with Crippen molar-refractivity contribution in [1.82, 2.24) is 15.1 Å². The van der Waals surface area contributed by atoms with Crippen molar-refractivity contribution in [3.8, 4) is 0 Å². The molecule has 0 aromatic carbocycles. The van der Waals surface area contributed by atoms with Crippen molar-refractivity contribution in [2.24, 2.45) is 5.73 Å². The summed E-state index contributed by atoms with van der Waals surface area (Å²) < 4.78 is 0. The molecule has 98 valence electrons. The Bertz CT molecular complexity index is 461. The number of hydrogen-bond donors (Lipinski definition) is 1. The van der Waals surface area contributed by atoms with E-state index in [9.17, 15) is 4.79 Å². The molecule has 0 radical (unpaired) electrons. The molecule has 1 rings (SSSR count). The molecule has 0 aliphatic rings. The van der Waals surface area contributed by atoms with E-state index < -0.39 is 0 Å². The monoisotopic (exact) mass is 266 g/mol. The molecule has 0 fully saturated rings. The third-order valence-corrected chi connectivity index (χ3v) is 2.70. The highest BCUT2D eigenvalue weighted by molar-refractivity contribution is 7.80. The fourth-order valence-corrected chi connectivity index (χ4v) is 1.80. The highest BCUT2D eigenvalue weighted by Gasteiger charge is 2.19. The molecule has 18 heavy (non-hydrogen) atoms. The van der Waals surface area contributed by atoms with Gasteiger partial charge in [0.15, 0.2) is 0 Å². The number of carbonyl (C=O) groups excluding carboxylic acids is 1. The van der Waals surface area contributed by atoms with Gasteiger partial charge < -0.3 is 10.6 Å². The summed E-state index contributed by atoms with van der Waals surface area (Å²) in [6.45, 7) is 6.49. The van der Waals surface area contributed by atoms with Crippen LogP contribution in [-0.4, -0.2) is 39.1 Å². The molecule has 0 unspecified atom stereocenters. The summed E-state index contributed by atoms with van der Waals surface area (Å²) in [7, 11) is 0. The van der Waals surface area contributed by atoms with Crippen molar-refractivity contribution in [1.29, 1.82) is 0 Å². The molecule has 1 heterocycles. The molecule has 1 amide bonds. The molecule has 0 atom stereocenters. The highest BCUT2D eigenvalue weighted by Crippen LogP contribution is 2.11. The first-order valence-corrected chi connectivity index (χ1v) is 6.31. The van der Waals surface area contributed by atoms with Crippen molar-refractivity contribution in [2.75, 3.05) is 13.1 Å². The van der Waals surface area contributed by atoms with Gasteiger partial charge in [0.25, 0.3) is 5.91 Å². The average molecular weight is 266 g/mol. The van der Waals surface area contributed by atoms with E-state index in [1.165, 1.54) is 0 Å². The number of hydrogen-bond acceptors (Lipinski definition) is 4. The lowest BCUT2D eigenvalue weighted by atomic mass is 10.1.